The van der Waals surface area contributed by atoms with Gasteiger partial charge in [0.05, 0.1) is 28.6 Å². The number of rotatable bonds is 7. The van der Waals surface area contributed by atoms with Gasteiger partial charge in [0, 0.05) is 9.90 Å². The van der Waals surface area contributed by atoms with Crippen LogP contribution in [-0.4, -0.2) is 30.8 Å². The number of aromatic nitrogens is 1. The number of hydrogen-bond donors (Lipinski definition) is 0. The fourth-order valence-electron chi connectivity index (χ4n) is 2.60. The molecular formula is C21H15Cl2N3O3S2. The molecule has 2 heterocycles. The Morgan fingerprint density at radius 3 is 2.84 bits per heavy atom. The highest BCUT2D eigenvalue weighted by atomic mass is 35.5. The molecule has 0 unspecified atom stereocenters. The summed E-state index contributed by atoms with van der Waals surface area (Å²) < 4.78 is 11.8. The van der Waals surface area contributed by atoms with Crippen LogP contribution >= 0.6 is 45.9 Å². The van der Waals surface area contributed by atoms with Gasteiger partial charge in [-0.3, -0.25) is 4.79 Å². The second kappa shape index (κ2) is 9.65. The summed E-state index contributed by atoms with van der Waals surface area (Å²) in [6, 6.07) is 14.1. The predicted octanol–water partition coefficient (Wildman–Crippen LogP) is 6.12. The molecule has 0 aliphatic heterocycles. The second-order valence-electron chi connectivity index (χ2n) is 6.16. The first-order valence-electron chi connectivity index (χ1n) is 8.96. The largest absolute Gasteiger partial charge is 0.497 e. The SMILES string of the molecule is COc1ccc2nc(N(/N=C/c3cccs3)C(=O)COc3ccc(Cl)cc3Cl)sc2c1. The number of hydrogen-bond acceptors (Lipinski definition) is 7. The van der Waals surface area contributed by atoms with Crippen molar-refractivity contribution in [1.82, 2.24) is 4.98 Å². The van der Waals surface area contributed by atoms with Gasteiger partial charge in [-0.15, -0.1) is 11.3 Å². The number of methoxy groups -OCH3 is 1. The van der Waals surface area contributed by atoms with Crippen LogP contribution < -0.4 is 14.5 Å². The molecule has 2 aromatic heterocycles. The van der Waals surface area contributed by atoms with Gasteiger partial charge in [0.2, 0.25) is 5.13 Å². The van der Waals surface area contributed by atoms with E-state index >= 15 is 0 Å². The predicted molar refractivity (Wildman–Crippen MR) is 128 cm³/mol. The molecular weight excluding hydrogens is 477 g/mol. The normalized spacial score (nSPS) is 11.2. The molecule has 4 aromatic rings. The number of benzene rings is 2. The molecule has 10 heteroatoms. The van der Waals surface area contributed by atoms with Crippen LogP contribution in [0.4, 0.5) is 5.13 Å². The standard InChI is InChI=1S/C21H15Cl2N3O3S2/c1-28-14-5-6-17-19(10-14)31-21(25-17)26(24-11-15-3-2-8-30-15)20(27)12-29-18-7-4-13(22)9-16(18)23/h2-11H,12H2,1H3/b24-11+. The average Bonchev–Trinajstić information content (AvgIpc) is 3.42. The van der Waals surface area contributed by atoms with E-state index in [1.54, 1.807) is 31.5 Å². The van der Waals surface area contributed by atoms with Gasteiger partial charge >= 0.3 is 0 Å². The molecule has 158 valence electrons. The summed E-state index contributed by atoms with van der Waals surface area (Å²) in [5, 5.41) is 8.77. The number of ether oxygens (including phenoxy) is 2. The number of carbonyl (C=O) groups is 1. The summed E-state index contributed by atoms with van der Waals surface area (Å²) in [5.41, 5.74) is 0.742. The van der Waals surface area contributed by atoms with Crippen molar-refractivity contribution in [3.8, 4) is 11.5 Å². The summed E-state index contributed by atoms with van der Waals surface area (Å²) in [6.45, 7) is -0.275. The molecule has 2 aromatic carbocycles. The lowest BCUT2D eigenvalue weighted by atomic mass is 10.3. The Morgan fingerprint density at radius 2 is 2.10 bits per heavy atom. The summed E-state index contributed by atoms with van der Waals surface area (Å²) in [5.74, 6) is 0.670. The van der Waals surface area contributed by atoms with E-state index in [2.05, 4.69) is 10.1 Å². The lowest BCUT2D eigenvalue weighted by Crippen LogP contribution is -2.30. The maximum atomic E-state index is 13.0. The van der Waals surface area contributed by atoms with E-state index in [0.29, 0.717) is 26.7 Å². The topological polar surface area (TPSA) is 64.0 Å². The average molecular weight is 492 g/mol. The van der Waals surface area contributed by atoms with Crippen LogP contribution in [0.5, 0.6) is 11.5 Å². The van der Waals surface area contributed by atoms with Crippen molar-refractivity contribution in [2.45, 2.75) is 0 Å². The van der Waals surface area contributed by atoms with Crippen molar-refractivity contribution in [1.29, 1.82) is 0 Å². The molecule has 0 aliphatic carbocycles. The minimum absolute atomic E-state index is 0.275. The minimum atomic E-state index is -0.398. The number of anilines is 1. The zero-order chi connectivity index (χ0) is 21.8. The van der Waals surface area contributed by atoms with Crippen LogP contribution in [0.15, 0.2) is 59.0 Å². The molecule has 1 amide bonds. The molecule has 0 saturated carbocycles. The molecule has 0 radical (unpaired) electrons. The van der Waals surface area contributed by atoms with Crippen molar-refractivity contribution in [2.75, 3.05) is 18.7 Å². The lowest BCUT2D eigenvalue weighted by molar-refractivity contribution is -0.120. The van der Waals surface area contributed by atoms with Gasteiger partial charge in [-0.05, 0) is 47.8 Å². The fourth-order valence-corrected chi connectivity index (χ4v) is 4.61. The third-order valence-electron chi connectivity index (χ3n) is 4.09. The Bertz CT molecular complexity index is 1240. The van der Waals surface area contributed by atoms with Gasteiger partial charge in [0.25, 0.3) is 5.91 Å². The number of carbonyl (C=O) groups excluding carboxylic acids is 1. The molecule has 0 bridgehead atoms. The van der Waals surface area contributed by atoms with Gasteiger partial charge in [-0.25, -0.2) is 4.98 Å². The Labute approximate surface area is 196 Å². The van der Waals surface area contributed by atoms with Gasteiger partial charge in [-0.1, -0.05) is 40.6 Å². The van der Waals surface area contributed by atoms with Crippen molar-refractivity contribution in [2.24, 2.45) is 5.10 Å². The fraction of sp³-hybridized carbons (Fsp3) is 0.0952. The third-order valence-corrected chi connectivity index (χ3v) is 6.42. The summed E-state index contributed by atoms with van der Waals surface area (Å²) >= 11 is 14.9. The van der Waals surface area contributed by atoms with Crippen LogP contribution in [0.3, 0.4) is 0 Å². The number of halogens is 2. The minimum Gasteiger partial charge on any atom is -0.497 e. The maximum absolute atomic E-state index is 13.0. The second-order valence-corrected chi connectivity index (χ2v) is 8.99. The number of nitrogens with zero attached hydrogens (tertiary/aromatic N) is 3. The third kappa shape index (κ3) is 5.16. The van der Waals surface area contributed by atoms with E-state index in [9.17, 15) is 4.79 Å². The Kier molecular flexibility index (Phi) is 6.72. The monoisotopic (exact) mass is 491 g/mol. The molecule has 0 saturated heterocycles. The van der Waals surface area contributed by atoms with Crippen molar-refractivity contribution >= 4 is 73.3 Å². The lowest BCUT2D eigenvalue weighted by Gasteiger charge is -2.14. The molecule has 0 spiro atoms. The van der Waals surface area contributed by atoms with Gasteiger partial charge in [0.15, 0.2) is 6.61 Å². The first-order chi connectivity index (χ1) is 15.0. The van der Waals surface area contributed by atoms with Gasteiger partial charge < -0.3 is 9.47 Å². The molecule has 0 aliphatic rings. The van der Waals surface area contributed by atoms with Crippen LogP contribution in [-0.2, 0) is 4.79 Å². The highest BCUT2D eigenvalue weighted by molar-refractivity contribution is 7.22. The van der Waals surface area contributed by atoms with Crippen molar-refractivity contribution in [3.63, 3.8) is 0 Å². The summed E-state index contributed by atoms with van der Waals surface area (Å²) in [7, 11) is 1.60. The van der Waals surface area contributed by atoms with E-state index in [4.69, 9.17) is 32.7 Å². The van der Waals surface area contributed by atoms with Crippen LogP contribution in [0.25, 0.3) is 10.2 Å². The van der Waals surface area contributed by atoms with Crippen LogP contribution in [0.1, 0.15) is 4.88 Å². The molecule has 0 N–H and O–H groups in total. The van der Waals surface area contributed by atoms with Crippen LogP contribution in [0.2, 0.25) is 10.0 Å². The molecule has 31 heavy (non-hydrogen) atoms. The first kappa shape index (κ1) is 21.6. The summed E-state index contributed by atoms with van der Waals surface area (Å²) in [4.78, 5) is 18.5. The first-order valence-corrected chi connectivity index (χ1v) is 11.4. The number of thiazole rings is 1. The molecule has 0 atom stereocenters. The van der Waals surface area contributed by atoms with Crippen molar-refractivity contribution < 1.29 is 14.3 Å². The molecule has 6 nitrogen and oxygen atoms in total. The van der Waals surface area contributed by atoms with Crippen molar-refractivity contribution in [3.05, 3.63) is 68.8 Å². The number of thiophene rings is 1. The summed E-state index contributed by atoms with van der Waals surface area (Å²) in [6.07, 6.45) is 1.62. The highest BCUT2D eigenvalue weighted by Crippen LogP contribution is 2.32. The quantitative estimate of drug-likeness (QED) is 0.230. The number of amides is 1. The van der Waals surface area contributed by atoms with E-state index in [1.165, 1.54) is 27.7 Å². The highest BCUT2D eigenvalue weighted by Gasteiger charge is 2.21. The number of fused-ring (bicyclic) bond motifs is 1. The number of hydrazone groups is 1. The van der Waals surface area contributed by atoms with Crippen LogP contribution in [0, 0.1) is 0 Å². The smallest absolute Gasteiger partial charge is 0.287 e. The molecule has 4 rings (SSSR count). The Balaban J connectivity index is 1.61. The zero-order valence-electron chi connectivity index (χ0n) is 16.1. The maximum Gasteiger partial charge on any atom is 0.287 e. The zero-order valence-corrected chi connectivity index (χ0v) is 19.3. The Hall–Kier alpha value is -2.65. The van der Waals surface area contributed by atoms with Gasteiger partial charge in [0.1, 0.15) is 11.5 Å². The van der Waals surface area contributed by atoms with E-state index in [1.807, 2.05) is 35.7 Å². The van der Waals surface area contributed by atoms with Gasteiger partial charge in [-0.2, -0.15) is 10.1 Å². The van der Waals surface area contributed by atoms with E-state index < -0.39 is 5.91 Å². The Morgan fingerprint density at radius 1 is 1.23 bits per heavy atom. The van der Waals surface area contributed by atoms with E-state index in [0.717, 1.165) is 15.1 Å². The molecule has 0 fully saturated rings. The van der Waals surface area contributed by atoms with E-state index in [-0.39, 0.29) is 6.61 Å².